The fraction of sp³-hybridized carbons (Fsp3) is 0.500. The lowest BCUT2D eigenvalue weighted by atomic mass is 10.0. The maximum Gasteiger partial charge on any atom is 0.416 e. The van der Waals surface area contributed by atoms with Gasteiger partial charge in [-0.15, -0.1) is 0 Å². The van der Waals surface area contributed by atoms with E-state index in [0.29, 0.717) is 0 Å². The van der Waals surface area contributed by atoms with Gasteiger partial charge in [-0.05, 0) is 24.1 Å². The zero-order chi connectivity index (χ0) is 19.2. The number of anilines is 1. The van der Waals surface area contributed by atoms with E-state index in [0.717, 1.165) is 12.1 Å². The van der Waals surface area contributed by atoms with Crippen LogP contribution in [0.3, 0.4) is 0 Å². The second-order valence-electron chi connectivity index (χ2n) is 5.68. The first-order valence-corrected chi connectivity index (χ1v) is 7.92. The van der Waals surface area contributed by atoms with Crippen LogP contribution in [0, 0.1) is 5.92 Å². The highest BCUT2D eigenvalue weighted by atomic mass is 35.5. The summed E-state index contributed by atoms with van der Waals surface area (Å²) in [6, 6.07) is 2.14. The van der Waals surface area contributed by atoms with Gasteiger partial charge in [0.25, 0.3) is 0 Å². The number of amides is 1. The van der Waals surface area contributed by atoms with Gasteiger partial charge in [-0.25, -0.2) is 0 Å². The van der Waals surface area contributed by atoms with Crippen molar-refractivity contribution in [2.45, 2.75) is 32.5 Å². The molecule has 0 aliphatic rings. The molecular formula is C16H20ClF3N2O3. The third kappa shape index (κ3) is 6.45. The summed E-state index contributed by atoms with van der Waals surface area (Å²) in [5, 5.41) is 5.29. The van der Waals surface area contributed by atoms with Gasteiger partial charge in [0, 0.05) is 6.54 Å². The summed E-state index contributed by atoms with van der Waals surface area (Å²) in [6.07, 6.45) is -4.47. The first-order valence-electron chi connectivity index (χ1n) is 7.54. The van der Waals surface area contributed by atoms with Crippen LogP contribution in [0.25, 0.3) is 0 Å². The van der Waals surface area contributed by atoms with Gasteiger partial charge in [-0.3, -0.25) is 9.59 Å². The van der Waals surface area contributed by atoms with Gasteiger partial charge in [0.05, 0.1) is 29.8 Å². The SMILES string of the molecule is COC(=O)CCNC(=O)[C@@H](Nc1ccc(C(F)(F)F)cc1Cl)C(C)C. The molecule has 0 spiro atoms. The van der Waals surface area contributed by atoms with Crippen LogP contribution < -0.4 is 10.6 Å². The highest BCUT2D eigenvalue weighted by Crippen LogP contribution is 2.34. The summed E-state index contributed by atoms with van der Waals surface area (Å²) < 4.78 is 42.5. The normalized spacial score (nSPS) is 12.6. The number of ether oxygens (including phenoxy) is 1. The fourth-order valence-electron chi connectivity index (χ4n) is 2.01. The molecule has 5 nitrogen and oxygen atoms in total. The molecule has 25 heavy (non-hydrogen) atoms. The molecule has 1 aromatic carbocycles. The molecule has 0 radical (unpaired) electrons. The molecule has 1 amide bonds. The maximum absolute atomic E-state index is 12.7. The molecule has 1 atom stereocenters. The Morgan fingerprint density at radius 1 is 1.28 bits per heavy atom. The predicted molar refractivity (Wildman–Crippen MR) is 88.3 cm³/mol. The molecule has 0 saturated carbocycles. The lowest BCUT2D eigenvalue weighted by Crippen LogP contribution is -2.43. The number of hydrogen-bond donors (Lipinski definition) is 2. The maximum atomic E-state index is 12.7. The zero-order valence-electron chi connectivity index (χ0n) is 14.0. The van der Waals surface area contributed by atoms with E-state index in [-0.39, 0.29) is 29.6 Å². The molecule has 140 valence electrons. The second kappa shape index (κ2) is 8.94. The Hall–Kier alpha value is -1.96. The van der Waals surface area contributed by atoms with E-state index in [1.165, 1.54) is 13.2 Å². The number of rotatable bonds is 7. The molecule has 0 heterocycles. The minimum Gasteiger partial charge on any atom is -0.469 e. The summed E-state index contributed by atoms with van der Waals surface area (Å²) in [5.74, 6) is -1.02. The molecule has 0 fully saturated rings. The molecular weight excluding hydrogens is 361 g/mol. The Kier molecular flexibility index (Phi) is 7.54. The zero-order valence-corrected chi connectivity index (χ0v) is 14.8. The van der Waals surface area contributed by atoms with E-state index >= 15 is 0 Å². The van der Waals surface area contributed by atoms with Gasteiger partial charge in [0.1, 0.15) is 6.04 Å². The lowest BCUT2D eigenvalue weighted by molar-refractivity contribution is -0.140. The lowest BCUT2D eigenvalue weighted by Gasteiger charge is -2.23. The number of nitrogens with one attached hydrogen (secondary N) is 2. The van der Waals surface area contributed by atoms with Crippen LogP contribution in [-0.2, 0) is 20.5 Å². The Morgan fingerprint density at radius 3 is 2.40 bits per heavy atom. The van der Waals surface area contributed by atoms with E-state index < -0.39 is 29.7 Å². The first kappa shape index (κ1) is 21.1. The molecule has 9 heteroatoms. The minimum atomic E-state index is -4.50. The van der Waals surface area contributed by atoms with Crippen LogP contribution in [0.15, 0.2) is 18.2 Å². The number of carbonyl (C=O) groups is 2. The summed E-state index contributed by atoms with van der Waals surface area (Å²) in [6.45, 7) is 3.64. The van der Waals surface area contributed by atoms with E-state index in [2.05, 4.69) is 15.4 Å². The van der Waals surface area contributed by atoms with Gasteiger partial charge < -0.3 is 15.4 Å². The van der Waals surface area contributed by atoms with Gasteiger partial charge in [-0.2, -0.15) is 13.2 Å². The topological polar surface area (TPSA) is 67.4 Å². The molecule has 1 aromatic rings. The number of esters is 1. The summed E-state index contributed by atoms with van der Waals surface area (Å²) in [5.41, 5.74) is -0.650. The second-order valence-corrected chi connectivity index (χ2v) is 6.08. The van der Waals surface area contributed by atoms with Crippen LogP contribution in [0.4, 0.5) is 18.9 Å². The molecule has 1 rings (SSSR count). The van der Waals surface area contributed by atoms with Crippen molar-refractivity contribution in [3.8, 4) is 0 Å². The van der Waals surface area contributed by atoms with Crippen molar-refractivity contribution in [1.29, 1.82) is 0 Å². The molecule has 0 aliphatic heterocycles. The number of halogens is 4. The van der Waals surface area contributed by atoms with E-state index in [4.69, 9.17) is 11.6 Å². The number of carbonyl (C=O) groups excluding carboxylic acids is 2. The highest BCUT2D eigenvalue weighted by Gasteiger charge is 2.31. The van der Waals surface area contributed by atoms with Crippen molar-refractivity contribution in [2.24, 2.45) is 5.92 Å². The van der Waals surface area contributed by atoms with E-state index in [1.54, 1.807) is 13.8 Å². The standard InChI is InChI=1S/C16H20ClF3N2O3/c1-9(2)14(15(24)21-7-6-13(23)25-3)22-12-5-4-10(8-11(12)17)16(18,19)20/h4-5,8-9,14,22H,6-7H2,1-3H3,(H,21,24)/t14-/m0/s1. The molecule has 0 saturated heterocycles. The van der Waals surface area contributed by atoms with Gasteiger partial charge in [0.15, 0.2) is 0 Å². The summed E-state index contributed by atoms with van der Waals surface area (Å²) in [7, 11) is 1.25. The Balaban J connectivity index is 2.81. The first-order chi connectivity index (χ1) is 11.6. The highest BCUT2D eigenvalue weighted by molar-refractivity contribution is 6.33. The van der Waals surface area contributed by atoms with Crippen LogP contribution in [0.5, 0.6) is 0 Å². The van der Waals surface area contributed by atoms with Crippen LogP contribution in [0.1, 0.15) is 25.8 Å². The van der Waals surface area contributed by atoms with Gasteiger partial charge >= 0.3 is 12.1 Å². The average molecular weight is 381 g/mol. The number of alkyl halides is 3. The number of hydrogen-bond acceptors (Lipinski definition) is 4. The predicted octanol–water partition coefficient (Wildman–Crippen LogP) is 3.47. The van der Waals surface area contributed by atoms with Crippen molar-refractivity contribution in [2.75, 3.05) is 19.0 Å². The van der Waals surface area contributed by atoms with Crippen LogP contribution >= 0.6 is 11.6 Å². The average Bonchev–Trinajstić information content (AvgIpc) is 2.51. The largest absolute Gasteiger partial charge is 0.469 e. The van der Waals surface area contributed by atoms with Crippen molar-refractivity contribution in [3.63, 3.8) is 0 Å². The van der Waals surface area contributed by atoms with E-state index in [1.807, 2.05) is 0 Å². The number of methoxy groups -OCH3 is 1. The molecule has 0 aliphatic carbocycles. The molecule has 0 aromatic heterocycles. The molecule has 0 bridgehead atoms. The molecule has 0 unspecified atom stereocenters. The Bertz CT molecular complexity index is 621. The van der Waals surface area contributed by atoms with E-state index in [9.17, 15) is 22.8 Å². The van der Waals surface area contributed by atoms with Crippen LogP contribution in [-0.4, -0.2) is 31.6 Å². The smallest absolute Gasteiger partial charge is 0.416 e. The quantitative estimate of drug-likeness (QED) is 0.711. The summed E-state index contributed by atoms with van der Waals surface area (Å²) in [4.78, 5) is 23.3. The minimum absolute atomic E-state index is 0.0219. The molecule has 2 N–H and O–H groups in total. The summed E-state index contributed by atoms with van der Waals surface area (Å²) >= 11 is 5.90. The van der Waals surface area contributed by atoms with Gasteiger partial charge in [-0.1, -0.05) is 25.4 Å². The third-order valence-electron chi connectivity index (χ3n) is 3.41. The van der Waals surface area contributed by atoms with Crippen LogP contribution in [0.2, 0.25) is 5.02 Å². The Labute approximate surface area is 148 Å². The Morgan fingerprint density at radius 2 is 1.92 bits per heavy atom. The monoisotopic (exact) mass is 380 g/mol. The van der Waals surface area contributed by atoms with Crippen molar-refractivity contribution < 1.29 is 27.5 Å². The van der Waals surface area contributed by atoms with Crippen molar-refractivity contribution in [1.82, 2.24) is 5.32 Å². The number of benzene rings is 1. The van der Waals surface area contributed by atoms with Crippen molar-refractivity contribution in [3.05, 3.63) is 28.8 Å². The third-order valence-corrected chi connectivity index (χ3v) is 3.73. The fourth-order valence-corrected chi connectivity index (χ4v) is 2.25. The van der Waals surface area contributed by atoms with Gasteiger partial charge in [0.2, 0.25) is 5.91 Å². The van der Waals surface area contributed by atoms with Crippen molar-refractivity contribution >= 4 is 29.2 Å².